The lowest BCUT2D eigenvalue weighted by molar-refractivity contribution is 0.0240. The summed E-state index contributed by atoms with van der Waals surface area (Å²) in [7, 11) is 1.45. The highest BCUT2D eigenvalue weighted by atomic mass is 19.1. The molecule has 1 fully saturated rings. The molecule has 2 N–H and O–H groups in total. The fourth-order valence-electron chi connectivity index (χ4n) is 3.29. The van der Waals surface area contributed by atoms with Gasteiger partial charge in [0.2, 0.25) is 0 Å². The fourth-order valence-corrected chi connectivity index (χ4v) is 3.29. The summed E-state index contributed by atoms with van der Waals surface area (Å²) >= 11 is 0. The standard InChI is InChI=1S/C23H29FN4O4/c1-23(2,3)32-22(30)28-13-11-27(12-14-28)18-8-6-17(7-9-18)25-21(29)26-19-15-16(24)5-10-20(19)31-4/h5-10,15H,11-14H2,1-4H3,(H2,25,26,29). The lowest BCUT2D eigenvalue weighted by atomic mass is 10.2. The molecule has 0 unspecified atom stereocenters. The van der Waals surface area contributed by atoms with Crippen LogP contribution in [0.4, 0.5) is 31.0 Å². The van der Waals surface area contributed by atoms with E-state index in [0.717, 1.165) is 5.69 Å². The van der Waals surface area contributed by atoms with E-state index in [1.165, 1.54) is 25.3 Å². The number of halogens is 1. The van der Waals surface area contributed by atoms with E-state index in [1.54, 1.807) is 17.0 Å². The number of anilines is 3. The number of piperazine rings is 1. The molecule has 1 aliphatic heterocycles. The van der Waals surface area contributed by atoms with Gasteiger partial charge in [0.25, 0.3) is 0 Å². The van der Waals surface area contributed by atoms with Crippen molar-refractivity contribution in [3.63, 3.8) is 0 Å². The Morgan fingerprint density at radius 3 is 2.22 bits per heavy atom. The third-order valence-corrected chi connectivity index (χ3v) is 4.83. The first-order valence-corrected chi connectivity index (χ1v) is 10.4. The van der Waals surface area contributed by atoms with Gasteiger partial charge in [-0.15, -0.1) is 0 Å². The molecule has 9 heteroatoms. The van der Waals surface area contributed by atoms with E-state index in [9.17, 15) is 14.0 Å². The number of rotatable bonds is 4. The largest absolute Gasteiger partial charge is 0.495 e. The molecule has 0 atom stereocenters. The maximum absolute atomic E-state index is 13.5. The zero-order valence-electron chi connectivity index (χ0n) is 18.8. The summed E-state index contributed by atoms with van der Waals surface area (Å²) in [4.78, 5) is 28.4. The third-order valence-electron chi connectivity index (χ3n) is 4.83. The third kappa shape index (κ3) is 6.26. The number of hydrogen-bond acceptors (Lipinski definition) is 5. The van der Waals surface area contributed by atoms with Gasteiger partial charge in [-0.3, -0.25) is 0 Å². The molecule has 172 valence electrons. The molecule has 0 bridgehead atoms. The number of urea groups is 1. The van der Waals surface area contributed by atoms with E-state index in [-0.39, 0.29) is 11.8 Å². The summed E-state index contributed by atoms with van der Waals surface area (Å²) < 4.78 is 24.0. The van der Waals surface area contributed by atoms with Crippen LogP contribution in [0.1, 0.15) is 20.8 Å². The molecule has 0 radical (unpaired) electrons. The van der Waals surface area contributed by atoms with Gasteiger partial charge < -0.3 is 29.9 Å². The van der Waals surface area contributed by atoms with Crippen LogP contribution >= 0.6 is 0 Å². The van der Waals surface area contributed by atoms with Crippen LogP contribution in [0.5, 0.6) is 5.75 Å². The fraction of sp³-hybridized carbons (Fsp3) is 0.391. The van der Waals surface area contributed by atoms with Crippen molar-refractivity contribution in [2.45, 2.75) is 26.4 Å². The van der Waals surface area contributed by atoms with E-state index < -0.39 is 17.4 Å². The zero-order valence-corrected chi connectivity index (χ0v) is 18.8. The van der Waals surface area contributed by atoms with Crippen LogP contribution in [-0.4, -0.2) is 55.9 Å². The molecule has 2 aromatic rings. The zero-order chi connectivity index (χ0) is 23.3. The normalized spacial score (nSPS) is 14.0. The second-order valence-electron chi connectivity index (χ2n) is 8.43. The summed E-state index contributed by atoms with van der Waals surface area (Å²) in [6.45, 7) is 8.08. The quantitative estimate of drug-likeness (QED) is 0.724. The van der Waals surface area contributed by atoms with Crippen molar-refractivity contribution in [2.75, 3.05) is 48.8 Å². The number of methoxy groups -OCH3 is 1. The van der Waals surface area contributed by atoms with Crippen molar-refractivity contribution in [1.82, 2.24) is 4.90 Å². The Labute approximate surface area is 187 Å². The summed E-state index contributed by atoms with van der Waals surface area (Å²) in [6.07, 6.45) is -0.294. The maximum Gasteiger partial charge on any atom is 0.410 e. The predicted octanol–water partition coefficient (Wildman–Crippen LogP) is 4.54. The van der Waals surface area contributed by atoms with Gasteiger partial charge in [0.05, 0.1) is 12.8 Å². The van der Waals surface area contributed by atoms with Gasteiger partial charge in [-0.1, -0.05) is 0 Å². The summed E-state index contributed by atoms with van der Waals surface area (Å²) in [6, 6.07) is 10.8. The molecule has 3 rings (SSSR count). The number of nitrogens with one attached hydrogen (secondary N) is 2. The molecule has 1 aliphatic rings. The Balaban J connectivity index is 1.53. The molecule has 0 aliphatic carbocycles. The van der Waals surface area contributed by atoms with Crippen LogP contribution in [-0.2, 0) is 4.74 Å². The van der Waals surface area contributed by atoms with Gasteiger partial charge in [0, 0.05) is 43.6 Å². The molecule has 1 saturated heterocycles. The lowest BCUT2D eigenvalue weighted by Gasteiger charge is -2.36. The van der Waals surface area contributed by atoms with Gasteiger partial charge in [-0.05, 0) is 57.2 Å². The number of carbonyl (C=O) groups excluding carboxylic acids is 2. The monoisotopic (exact) mass is 444 g/mol. The van der Waals surface area contributed by atoms with Gasteiger partial charge in [0.1, 0.15) is 17.2 Å². The van der Waals surface area contributed by atoms with E-state index in [1.807, 2.05) is 32.9 Å². The van der Waals surface area contributed by atoms with Crippen molar-refractivity contribution >= 4 is 29.2 Å². The van der Waals surface area contributed by atoms with E-state index in [4.69, 9.17) is 9.47 Å². The van der Waals surface area contributed by atoms with Crippen molar-refractivity contribution in [3.05, 3.63) is 48.3 Å². The molecular weight excluding hydrogens is 415 g/mol. The van der Waals surface area contributed by atoms with E-state index >= 15 is 0 Å². The molecule has 32 heavy (non-hydrogen) atoms. The Bertz CT molecular complexity index is 951. The topological polar surface area (TPSA) is 83.1 Å². The highest BCUT2D eigenvalue weighted by Gasteiger charge is 2.26. The van der Waals surface area contributed by atoms with Crippen LogP contribution in [0.2, 0.25) is 0 Å². The van der Waals surface area contributed by atoms with Crippen LogP contribution in [0.3, 0.4) is 0 Å². The van der Waals surface area contributed by atoms with Crippen molar-refractivity contribution in [2.24, 2.45) is 0 Å². The second-order valence-corrected chi connectivity index (χ2v) is 8.43. The molecule has 0 aromatic heterocycles. The average Bonchev–Trinajstić information content (AvgIpc) is 2.73. The number of carbonyl (C=O) groups is 2. The first-order valence-electron chi connectivity index (χ1n) is 10.4. The number of ether oxygens (including phenoxy) is 2. The maximum atomic E-state index is 13.5. The molecule has 1 heterocycles. The SMILES string of the molecule is COc1ccc(F)cc1NC(=O)Nc1ccc(N2CCN(C(=O)OC(C)(C)C)CC2)cc1. The average molecular weight is 445 g/mol. The summed E-state index contributed by atoms with van der Waals surface area (Å²) in [5.41, 5.74) is 1.31. The highest BCUT2D eigenvalue weighted by molar-refractivity contribution is 6.00. The van der Waals surface area contributed by atoms with Crippen LogP contribution in [0.15, 0.2) is 42.5 Å². The Morgan fingerprint density at radius 1 is 0.969 bits per heavy atom. The Morgan fingerprint density at radius 2 is 1.62 bits per heavy atom. The van der Waals surface area contributed by atoms with E-state index in [2.05, 4.69) is 15.5 Å². The number of benzene rings is 2. The summed E-state index contributed by atoms with van der Waals surface area (Å²) in [5, 5.41) is 5.30. The molecule has 0 saturated carbocycles. The number of nitrogens with zero attached hydrogens (tertiary/aromatic N) is 2. The minimum absolute atomic E-state index is 0.240. The second kappa shape index (κ2) is 9.76. The molecular formula is C23H29FN4O4. The van der Waals surface area contributed by atoms with Crippen LogP contribution in [0.25, 0.3) is 0 Å². The predicted molar refractivity (Wildman–Crippen MR) is 122 cm³/mol. The van der Waals surface area contributed by atoms with Crippen LogP contribution < -0.4 is 20.3 Å². The Kier molecular flexibility index (Phi) is 7.07. The van der Waals surface area contributed by atoms with E-state index in [0.29, 0.717) is 37.6 Å². The highest BCUT2D eigenvalue weighted by Crippen LogP contribution is 2.25. The number of hydrogen-bond donors (Lipinski definition) is 2. The smallest absolute Gasteiger partial charge is 0.410 e. The van der Waals surface area contributed by atoms with Gasteiger partial charge >= 0.3 is 12.1 Å². The summed E-state index contributed by atoms with van der Waals surface area (Å²) in [5.74, 6) is -0.111. The van der Waals surface area contributed by atoms with Gasteiger partial charge in [-0.25, -0.2) is 14.0 Å². The number of amides is 3. The first-order chi connectivity index (χ1) is 15.1. The molecule has 0 spiro atoms. The van der Waals surface area contributed by atoms with Crippen LogP contribution in [0, 0.1) is 5.82 Å². The molecule has 8 nitrogen and oxygen atoms in total. The minimum atomic E-state index is -0.511. The first kappa shape index (κ1) is 23.2. The molecule has 2 aromatic carbocycles. The van der Waals surface area contributed by atoms with Gasteiger partial charge in [0.15, 0.2) is 0 Å². The van der Waals surface area contributed by atoms with Gasteiger partial charge in [-0.2, -0.15) is 0 Å². The lowest BCUT2D eigenvalue weighted by Crippen LogP contribution is -2.50. The Hall–Kier alpha value is -3.49. The molecule has 3 amide bonds. The minimum Gasteiger partial charge on any atom is -0.495 e. The van der Waals surface area contributed by atoms with Crippen molar-refractivity contribution < 1.29 is 23.5 Å². The van der Waals surface area contributed by atoms with Crippen molar-refractivity contribution in [1.29, 1.82) is 0 Å². The van der Waals surface area contributed by atoms with Crippen molar-refractivity contribution in [3.8, 4) is 5.75 Å².